The second kappa shape index (κ2) is 3.35. The van der Waals surface area contributed by atoms with Gasteiger partial charge in [0.25, 0.3) is 0 Å². The van der Waals surface area contributed by atoms with Gasteiger partial charge in [0.15, 0.2) is 0 Å². The van der Waals surface area contributed by atoms with Crippen LogP contribution in [0.2, 0.25) is 0 Å². The van der Waals surface area contributed by atoms with Gasteiger partial charge in [0.1, 0.15) is 0 Å². The number of nitrogens with one attached hydrogen (secondary N) is 1. The van der Waals surface area contributed by atoms with Gasteiger partial charge in [-0.25, -0.2) is 0 Å². The third-order valence-corrected chi connectivity index (χ3v) is 3.57. The quantitative estimate of drug-likeness (QED) is 0.684. The molecule has 0 aromatic heterocycles. The van der Waals surface area contributed by atoms with E-state index in [9.17, 15) is 0 Å². The van der Waals surface area contributed by atoms with E-state index in [0.717, 1.165) is 24.4 Å². The van der Waals surface area contributed by atoms with E-state index in [1.54, 1.807) is 7.11 Å². The maximum atomic E-state index is 5.19. The van der Waals surface area contributed by atoms with Crippen molar-refractivity contribution in [2.24, 2.45) is 17.8 Å². The minimum atomic E-state index is 0.600. The Morgan fingerprint density at radius 2 is 2.00 bits per heavy atom. The van der Waals surface area contributed by atoms with Crippen molar-refractivity contribution in [3.63, 3.8) is 0 Å². The molecule has 0 heterocycles. The summed E-state index contributed by atoms with van der Waals surface area (Å²) in [6, 6.07) is 0.600. The van der Waals surface area contributed by atoms with Crippen molar-refractivity contribution < 1.29 is 4.74 Å². The predicted molar refractivity (Wildman–Crippen MR) is 49.0 cm³/mol. The molecule has 2 saturated carbocycles. The highest BCUT2D eigenvalue weighted by Crippen LogP contribution is 2.55. The fourth-order valence-electron chi connectivity index (χ4n) is 2.72. The molecule has 0 bridgehead atoms. The first kappa shape index (κ1) is 8.52. The number of hydrogen-bond donors (Lipinski definition) is 1. The second-order valence-corrected chi connectivity index (χ2v) is 4.34. The lowest BCUT2D eigenvalue weighted by atomic mass is 9.95. The largest absolute Gasteiger partial charge is 0.383 e. The molecule has 0 aliphatic heterocycles. The van der Waals surface area contributed by atoms with Gasteiger partial charge in [0.05, 0.1) is 6.61 Å². The van der Waals surface area contributed by atoms with Gasteiger partial charge < -0.3 is 10.1 Å². The first-order chi connectivity index (χ1) is 5.85. The summed E-state index contributed by atoms with van der Waals surface area (Å²) in [5.41, 5.74) is 0. The molecule has 0 aromatic carbocycles. The van der Waals surface area contributed by atoms with Crippen molar-refractivity contribution in [3.8, 4) is 0 Å². The number of likely N-dealkylation sites (N-methyl/N-ethyl adjacent to an activating group) is 1. The molecule has 2 heteroatoms. The summed E-state index contributed by atoms with van der Waals surface area (Å²) in [5.74, 6) is 3.06. The van der Waals surface area contributed by atoms with Crippen molar-refractivity contribution in [2.45, 2.75) is 25.3 Å². The fraction of sp³-hybridized carbons (Fsp3) is 1.00. The van der Waals surface area contributed by atoms with Gasteiger partial charge in [-0.2, -0.15) is 0 Å². The number of hydrogen-bond acceptors (Lipinski definition) is 2. The number of ether oxygens (including phenoxy) is 1. The van der Waals surface area contributed by atoms with Crippen molar-refractivity contribution in [3.05, 3.63) is 0 Å². The summed E-state index contributed by atoms with van der Waals surface area (Å²) in [6.45, 7) is 0.876. The van der Waals surface area contributed by atoms with Gasteiger partial charge in [-0.3, -0.25) is 0 Å². The molecule has 2 aliphatic carbocycles. The maximum Gasteiger partial charge on any atom is 0.0618 e. The van der Waals surface area contributed by atoms with Crippen LogP contribution in [0.3, 0.4) is 0 Å². The number of fused-ring (bicyclic) bond motifs is 1. The minimum Gasteiger partial charge on any atom is -0.383 e. The molecule has 0 saturated heterocycles. The summed E-state index contributed by atoms with van der Waals surface area (Å²) >= 11 is 0. The highest BCUT2D eigenvalue weighted by molar-refractivity contribution is 4.98. The first-order valence-electron chi connectivity index (χ1n) is 5.01. The molecule has 0 radical (unpaired) electrons. The van der Waals surface area contributed by atoms with Crippen LogP contribution in [0.5, 0.6) is 0 Å². The molecular weight excluding hydrogens is 150 g/mol. The SMILES string of the molecule is CNC(COC)C1CC2CC2C1. The monoisotopic (exact) mass is 169 g/mol. The van der Waals surface area contributed by atoms with Crippen LogP contribution in [0.25, 0.3) is 0 Å². The van der Waals surface area contributed by atoms with Crippen molar-refractivity contribution in [1.82, 2.24) is 5.32 Å². The van der Waals surface area contributed by atoms with Crippen LogP contribution < -0.4 is 5.32 Å². The Kier molecular flexibility index (Phi) is 2.37. The molecule has 0 aromatic rings. The van der Waals surface area contributed by atoms with Crippen LogP contribution in [0.15, 0.2) is 0 Å². The lowest BCUT2D eigenvalue weighted by Crippen LogP contribution is -2.36. The summed E-state index contributed by atoms with van der Waals surface area (Å²) in [7, 11) is 3.84. The Morgan fingerprint density at radius 1 is 1.33 bits per heavy atom. The van der Waals surface area contributed by atoms with E-state index in [4.69, 9.17) is 4.74 Å². The molecule has 2 nitrogen and oxygen atoms in total. The van der Waals surface area contributed by atoms with E-state index in [1.165, 1.54) is 19.3 Å². The molecule has 3 unspecified atom stereocenters. The van der Waals surface area contributed by atoms with Crippen molar-refractivity contribution in [2.75, 3.05) is 20.8 Å². The molecule has 3 atom stereocenters. The second-order valence-electron chi connectivity index (χ2n) is 4.34. The van der Waals surface area contributed by atoms with Crippen LogP contribution in [0.4, 0.5) is 0 Å². The standard InChI is InChI=1S/C10H19NO/c1-11-10(6-12-2)9-4-7-3-8(7)5-9/h7-11H,3-6H2,1-2H3. The molecular formula is C10H19NO. The van der Waals surface area contributed by atoms with E-state index >= 15 is 0 Å². The van der Waals surface area contributed by atoms with Crippen LogP contribution in [-0.2, 0) is 4.74 Å². The predicted octanol–water partition coefficient (Wildman–Crippen LogP) is 1.27. The molecule has 2 rings (SSSR count). The summed E-state index contributed by atoms with van der Waals surface area (Å²) in [4.78, 5) is 0. The lowest BCUT2D eigenvalue weighted by molar-refractivity contribution is 0.141. The van der Waals surface area contributed by atoms with Crippen molar-refractivity contribution in [1.29, 1.82) is 0 Å². The maximum absolute atomic E-state index is 5.19. The van der Waals surface area contributed by atoms with Gasteiger partial charge in [-0.05, 0) is 44.1 Å². The zero-order chi connectivity index (χ0) is 8.55. The molecule has 70 valence electrons. The summed E-state index contributed by atoms with van der Waals surface area (Å²) in [5, 5.41) is 3.36. The highest BCUT2D eigenvalue weighted by Gasteiger charge is 2.47. The first-order valence-corrected chi connectivity index (χ1v) is 5.01. The van der Waals surface area contributed by atoms with Crippen LogP contribution in [-0.4, -0.2) is 26.8 Å². The van der Waals surface area contributed by atoms with Crippen LogP contribution in [0.1, 0.15) is 19.3 Å². The van der Waals surface area contributed by atoms with Crippen LogP contribution in [0, 0.1) is 17.8 Å². The molecule has 0 spiro atoms. The van der Waals surface area contributed by atoms with Gasteiger partial charge >= 0.3 is 0 Å². The van der Waals surface area contributed by atoms with E-state index in [0.29, 0.717) is 6.04 Å². The Labute approximate surface area is 74.7 Å². The zero-order valence-electron chi connectivity index (χ0n) is 8.05. The Morgan fingerprint density at radius 3 is 2.50 bits per heavy atom. The lowest BCUT2D eigenvalue weighted by Gasteiger charge is -2.23. The summed E-state index contributed by atoms with van der Waals surface area (Å²) < 4.78 is 5.19. The third kappa shape index (κ3) is 1.50. The molecule has 2 fully saturated rings. The van der Waals surface area contributed by atoms with Crippen LogP contribution >= 0.6 is 0 Å². The van der Waals surface area contributed by atoms with E-state index in [-0.39, 0.29) is 0 Å². The third-order valence-electron chi connectivity index (χ3n) is 3.57. The van der Waals surface area contributed by atoms with Gasteiger partial charge in [0, 0.05) is 13.2 Å². The number of methoxy groups -OCH3 is 1. The van der Waals surface area contributed by atoms with E-state index in [1.807, 2.05) is 7.05 Å². The Bertz CT molecular complexity index is 150. The molecule has 1 N–H and O–H groups in total. The smallest absolute Gasteiger partial charge is 0.0618 e. The normalized spacial score (nSPS) is 41.0. The summed E-state index contributed by atoms with van der Waals surface area (Å²) in [6.07, 6.45) is 4.40. The molecule has 12 heavy (non-hydrogen) atoms. The van der Waals surface area contributed by atoms with Gasteiger partial charge in [0.2, 0.25) is 0 Å². The fourth-order valence-corrected chi connectivity index (χ4v) is 2.72. The van der Waals surface area contributed by atoms with Gasteiger partial charge in [-0.15, -0.1) is 0 Å². The number of rotatable bonds is 4. The van der Waals surface area contributed by atoms with E-state index < -0.39 is 0 Å². The Balaban J connectivity index is 1.81. The topological polar surface area (TPSA) is 21.3 Å². The average molecular weight is 169 g/mol. The Hall–Kier alpha value is -0.0800. The molecule has 2 aliphatic rings. The average Bonchev–Trinajstić information content (AvgIpc) is 2.70. The zero-order valence-corrected chi connectivity index (χ0v) is 8.05. The highest BCUT2D eigenvalue weighted by atomic mass is 16.5. The van der Waals surface area contributed by atoms with Crippen molar-refractivity contribution >= 4 is 0 Å². The van der Waals surface area contributed by atoms with E-state index in [2.05, 4.69) is 5.32 Å². The van der Waals surface area contributed by atoms with Gasteiger partial charge in [-0.1, -0.05) is 0 Å². The minimum absolute atomic E-state index is 0.600. The molecule has 0 amide bonds.